The third-order valence-electron chi connectivity index (χ3n) is 4.76. The van der Waals surface area contributed by atoms with Gasteiger partial charge in [-0.15, -0.1) is 0 Å². The highest BCUT2D eigenvalue weighted by molar-refractivity contribution is 7.92. The van der Waals surface area contributed by atoms with Crippen molar-refractivity contribution in [3.8, 4) is 11.5 Å². The second-order valence-corrected chi connectivity index (χ2v) is 9.97. The van der Waals surface area contributed by atoms with Crippen LogP contribution in [0.4, 0.5) is 11.4 Å². The lowest BCUT2D eigenvalue weighted by molar-refractivity contribution is -0.128. The first-order valence-corrected chi connectivity index (χ1v) is 11.9. The predicted molar refractivity (Wildman–Crippen MR) is 130 cm³/mol. The van der Waals surface area contributed by atoms with Crippen molar-refractivity contribution in [2.24, 2.45) is 0 Å². The van der Waals surface area contributed by atoms with Crippen molar-refractivity contribution in [1.29, 1.82) is 0 Å². The number of aryl methyl sites for hydroxylation is 1. The number of hydrogen-bond acceptors (Lipinski definition) is 5. The van der Waals surface area contributed by atoms with Crippen LogP contribution in [0.1, 0.15) is 19.4 Å². The van der Waals surface area contributed by atoms with Gasteiger partial charge >= 0.3 is 0 Å². The normalized spacial score (nSPS) is 11.5. The summed E-state index contributed by atoms with van der Waals surface area (Å²) in [5, 5.41) is 3.31. The van der Waals surface area contributed by atoms with Crippen molar-refractivity contribution in [2.75, 3.05) is 17.1 Å². The minimum absolute atomic E-state index is 0.0423. The van der Waals surface area contributed by atoms with Crippen LogP contribution in [0.2, 0.25) is 5.02 Å². The highest BCUT2D eigenvalue weighted by Gasteiger charge is 2.30. The molecule has 1 amide bonds. The summed E-state index contributed by atoms with van der Waals surface area (Å²) in [6.45, 7) is 5.12. The molecule has 0 unspecified atom stereocenters. The summed E-state index contributed by atoms with van der Waals surface area (Å²) < 4.78 is 39.2. The van der Waals surface area contributed by atoms with Crippen LogP contribution in [0.15, 0.2) is 71.6 Å². The van der Waals surface area contributed by atoms with Crippen molar-refractivity contribution in [1.82, 2.24) is 0 Å². The quantitative estimate of drug-likeness (QED) is 0.451. The number of rotatable bonds is 8. The zero-order valence-electron chi connectivity index (χ0n) is 18.7. The molecule has 174 valence electrons. The average Bonchev–Trinajstić information content (AvgIpc) is 2.75. The van der Waals surface area contributed by atoms with Crippen molar-refractivity contribution in [3.63, 3.8) is 0 Å². The molecule has 0 radical (unpaired) electrons. The Morgan fingerprint density at radius 2 is 1.61 bits per heavy atom. The maximum absolute atomic E-state index is 12.8. The van der Waals surface area contributed by atoms with Gasteiger partial charge in [-0.05, 0) is 87.0 Å². The molecule has 0 saturated carbocycles. The van der Waals surface area contributed by atoms with Gasteiger partial charge in [-0.3, -0.25) is 9.52 Å². The van der Waals surface area contributed by atoms with E-state index >= 15 is 0 Å². The number of benzene rings is 3. The van der Waals surface area contributed by atoms with Crippen LogP contribution < -0.4 is 19.5 Å². The van der Waals surface area contributed by atoms with E-state index in [1.807, 2.05) is 13.0 Å². The zero-order chi connectivity index (χ0) is 24.2. The molecule has 3 rings (SSSR count). The molecule has 0 fully saturated rings. The molecule has 0 spiro atoms. The van der Waals surface area contributed by atoms with Crippen LogP contribution in [0.25, 0.3) is 0 Å². The lowest BCUT2D eigenvalue weighted by Gasteiger charge is -2.25. The van der Waals surface area contributed by atoms with Crippen molar-refractivity contribution < 1.29 is 22.7 Å². The summed E-state index contributed by atoms with van der Waals surface area (Å²) in [7, 11) is -2.39. The highest BCUT2D eigenvalue weighted by atomic mass is 35.5. The Balaban J connectivity index is 1.71. The summed E-state index contributed by atoms with van der Waals surface area (Å²) in [6.07, 6.45) is 0. The Morgan fingerprint density at radius 1 is 0.970 bits per heavy atom. The molecule has 3 aromatic rings. The number of anilines is 2. The van der Waals surface area contributed by atoms with E-state index in [4.69, 9.17) is 21.1 Å². The predicted octanol–water partition coefficient (Wildman–Crippen LogP) is 5.25. The van der Waals surface area contributed by atoms with Crippen LogP contribution in [0, 0.1) is 6.92 Å². The van der Waals surface area contributed by atoms with E-state index in [1.54, 1.807) is 50.2 Å². The minimum atomic E-state index is -3.86. The highest BCUT2D eigenvalue weighted by Crippen LogP contribution is 2.28. The average molecular weight is 489 g/mol. The Kier molecular flexibility index (Phi) is 7.19. The first kappa shape index (κ1) is 24.4. The maximum Gasteiger partial charge on any atom is 0.267 e. The number of halogens is 1. The number of ether oxygens (including phenoxy) is 2. The summed E-state index contributed by atoms with van der Waals surface area (Å²) in [5.74, 6) is 0.519. The Hall–Kier alpha value is -3.23. The number of carbonyl (C=O) groups excluding carboxylic acids is 1. The molecule has 0 heterocycles. The van der Waals surface area contributed by atoms with Gasteiger partial charge in [0.15, 0.2) is 5.60 Å². The standard InChI is InChI=1S/C24H25ClN2O5S/c1-16-5-14-22(31-4)21(15-16)27-33(29,30)20-12-8-18(9-13-20)26-23(28)24(2,3)32-19-10-6-17(25)7-11-19/h5-15,27H,1-4H3,(H,26,28). The smallest absolute Gasteiger partial charge is 0.267 e. The Morgan fingerprint density at radius 3 is 2.21 bits per heavy atom. The van der Waals surface area contributed by atoms with Gasteiger partial charge in [-0.25, -0.2) is 8.42 Å². The molecule has 0 bridgehead atoms. The second-order valence-electron chi connectivity index (χ2n) is 7.85. The van der Waals surface area contributed by atoms with Crippen LogP contribution in [-0.2, 0) is 14.8 Å². The number of nitrogens with one attached hydrogen (secondary N) is 2. The minimum Gasteiger partial charge on any atom is -0.495 e. The fourth-order valence-corrected chi connectivity index (χ4v) is 4.14. The molecule has 0 atom stereocenters. The number of carbonyl (C=O) groups is 1. The lowest BCUT2D eigenvalue weighted by atomic mass is 10.1. The molecule has 7 nitrogen and oxygen atoms in total. The van der Waals surface area contributed by atoms with E-state index in [0.29, 0.717) is 27.9 Å². The number of sulfonamides is 1. The zero-order valence-corrected chi connectivity index (χ0v) is 20.3. The molecule has 0 aliphatic heterocycles. The Labute approximate surface area is 198 Å². The first-order chi connectivity index (χ1) is 15.5. The third-order valence-corrected chi connectivity index (χ3v) is 6.39. The molecule has 9 heteroatoms. The molecule has 2 N–H and O–H groups in total. The summed E-state index contributed by atoms with van der Waals surface area (Å²) in [4.78, 5) is 12.8. The van der Waals surface area contributed by atoms with Gasteiger partial charge in [-0.1, -0.05) is 17.7 Å². The monoisotopic (exact) mass is 488 g/mol. The Bertz CT molecular complexity index is 1240. The van der Waals surface area contributed by atoms with Gasteiger partial charge in [0.1, 0.15) is 11.5 Å². The molecule has 0 aromatic heterocycles. The molecular weight excluding hydrogens is 464 g/mol. The van der Waals surface area contributed by atoms with E-state index < -0.39 is 21.5 Å². The first-order valence-electron chi connectivity index (χ1n) is 10.0. The van der Waals surface area contributed by atoms with E-state index in [-0.39, 0.29) is 4.90 Å². The van der Waals surface area contributed by atoms with Gasteiger partial charge in [-0.2, -0.15) is 0 Å². The van der Waals surface area contributed by atoms with Crippen LogP contribution >= 0.6 is 11.6 Å². The van der Waals surface area contributed by atoms with Crippen LogP contribution in [0.5, 0.6) is 11.5 Å². The third kappa shape index (κ3) is 6.18. The SMILES string of the molecule is COc1ccc(C)cc1NS(=O)(=O)c1ccc(NC(=O)C(C)(C)Oc2ccc(Cl)cc2)cc1. The van der Waals surface area contributed by atoms with Gasteiger partial charge < -0.3 is 14.8 Å². The molecule has 33 heavy (non-hydrogen) atoms. The van der Waals surface area contributed by atoms with Crippen molar-refractivity contribution in [3.05, 3.63) is 77.3 Å². The van der Waals surface area contributed by atoms with Gasteiger partial charge in [0.05, 0.1) is 17.7 Å². The van der Waals surface area contributed by atoms with Crippen molar-refractivity contribution in [2.45, 2.75) is 31.3 Å². The van der Waals surface area contributed by atoms with E-state index in [0.717, 1.165) is 5.56 Å². The molecule has 0 aliphatic carbocycles. The van der Waals surface area contributed by atoms with Gasteiger partial charge in [0.2, 0.25) is 0 Å². The number of amides is 1. The lowest BCUT2D eigenvalue weighted by Crippen LogP contribution is -2.42. The number of methoxy groups -OCH3 is 1. The van der Waals surface area contributed by atoms with Crippen LogP contribution in [0.3, 0.4) is 0 Å². The van der Waals surface area contributed by atoms with Crippen LogP contribution in [-0.4, -0.2) is 27.0 Å². The molecule has 3 aromatic carbocycles. The summed E-state index contributed by atoms with van der Waals surface area (Å²) in [5.41, 5.74) is 0.479. The van der Waals surface area contributed by atoms with E-state index in [9.17, 15) is 13.2 Å². The summed E-state index contributed by atoms with van der Waals surface area (Å²) >= 11 is 5.88. The van der Waals surface area contributed by atoms with E-state index in [2.05, 4.69) is 10.0 Å². The topological polar surface area (TPSA) is 93.7 Å². The fourth-order valence-electron chi connectivity index (χ4n) is 2.95. The van der Waals surface area contributed by atoms with Gasteiger partial charge in [0, 0.05) is 10.7 Å². The molecular formula is C24H25ClN2O5S. The summed E-state index contributed by atoms with van der Waals surface area (Å²) in [6, 6.07) is 17.7. The van der Waals surface area contributed by atoms with Crippen molar-refractivity contribution >= 4 is 38.9 Å². The number of hydrogen-bond donors (Lipinski definition) is 2. The molecule has 0 aliphatic rings. The van der Waals surface area contributed by atoms with E-state index in [1.165, 1.54) is 31.4 Å². The maximum atomic E-state index is 12.8. The fraction of sp³-hybridized carbons (Fsp3) is 0.208. The molecule has 0 saturated heterocycles. The largest absolute Gasteiger partial charge is 0.495 e. The second kappa shape index (κ2) is 9.72. The van der Waals surface area contributed by atoms with Gasteiger partial charge in [0.25, 0.3) is 15.9 Å².